The summed E-state index contributed by atoms with van der Waals surface area (Å²) >= 11 is 0. The molecule has 1 N–H and O–H groups in total. The van der Waals surface area contributed by atoms with Crippen LogP contribution < -0.4 is 5.32 Å². The lowest BCUT2D eigenvalue weighted by Gasteiger charge is -2.21. The van der Waals surface area contributed by atoms with Gasteiger partial charge < -0.3 is 14.6 Å². The van der Waals surface area contributed by atoms with Crippen molar-refractivity contribution in [2.24, 2.45) is 5.92 Å². The molecule has 1 aromatic heterocycles. The Balaban J connectivity index is 1.75. The molecule has 1 fully saturated rings. The van der Waals surface area contributed by atoms with Crippen molar-refractivity contribution in [3.05, 3.63) is 23.7 Å². The highest BCUT2D eigenvalue weighted by molar-refractivity contribution is 5.08. The molecule has 0 radical (unpaired) electrons. The summed E-state index contributed by atoms with van der Waals surface area (Å²) in [6, 6.07) is 5.10. The molecule has 3 heteroatoms. The van der Waals surface area contributed by atoms with Crippen LogP contribution in [0.1, 0.15) is 44.8 Å². The maximum Gasteiger partial charge on any atom is 0.120 e. The van der Waals surface area contributed by atoms with Gasteiger partial charge in [0, 0.05) is 12.6 Å². The minimum Gasteiger partial charge on any atom is -0.465 e. The van der Waals surface area contributed by atoms with Crippen LogP contribution in [-0.4, -0.2) is 30.6 Å². The molecule has 3 nitrogen and oxygen atoms in total. The van der Waals surface area contributed by atoms with Crippen LogP contribution >= 0.6 is 0 Å². The Kier molecular flexibility index (Phi) is 4.46. The van der Waals surface area contributed by atoms with E-state index in [0.717, 1.165) is 24.0 Å². The first kappa shape index (κ1) is 13.6. The first-order valence-corrected chi connectivity index (χ1v) is 7.10. The number of nitrogens with zero attached hydrogens (tertiary/aromatic N) is 1. The van der Waals surface area contributed by atoms with Gasteiger partial charge in [-0.2, -0.15) is 0 Å². The van der Waals surface area contributed by atoms with Crippen LogP contribution in [0.4, 0.5) is 0 Å². The van der Waals surface area contributed by atoms with E-state index in [1.807, 2.05) is 13.0 Å². The zero-order valence-electron chi connectivity index (χ0n) is 12.1. The van der Waals surface area contributed by atoms with E-state index in [9.17, 15) is 0 Å². The van der Waals surface area contributed by atoms with Crippen LogP contribution in [0.2, 0.25) is 0 Å². The molecule has 2 rings (SSSR count). The van der Waals surface area contributed by atoms with Crippen molar-refractivity contribution in [2.45, 2.75) is 46.2 Å². The Morgan fingerprint density at radius 2 is 2.17 bits per heavy atom. The molecule has 1 aliphatic heterocycles. The number of furan rings is 1. The van der Waals surface area contributed by atoms with Crippen molar-refractivity contribution in [3.63, 3.8) is 0 Å². The fourth-order valence-corrected chi connectivity index (χ4v) is 2.63. The summed E-state index contributed by atoms with van der Waals surface area (Å²) in [6.07, 6.45) is 1.31. The molecule has 0 aromatic carbocycles. The fourth-order valence-electron chi connectivity index (χ4n) is 2.63. The van der Waals surface area contributed by atoms with Crippen molar-refractivity contribution in [3.8, 4) is 0 Å². The van der Waals surface area contributed by atoms with Gasteiger partial charge in [-0.15, -0.1) is 0 Å². The van der Waals surface area contributed by atoms with Gasteiger partial charge >= 0.3 is 0 Å². The average Bonchev–Trinajstić information content (AvgIpc) is 2.94. The van der Waals surface area contributed by atoms with Gasteiger partial charge in [0.25, 0.3) is 0 Å². The predicted molar refractivity (Wildman–Crippen MR) is 74.7 cm³/mol. The molecule has 102 valence electrons. The molecule has 1 aromatic rings. The third-order valence-corrected chi connectivity index (χ3v) is 3.95. The van der Waals surface area contributed by atoms with E-state index in [1.165, 1.54) is 19.5 Å². The van der Waals surface area contributed by atoms with E-state index in [2.05, 4.69) is 37.1 Å². The van der Waals surface area contributed by atoms with Crippen LogP contribution in [0.3, 0.4) is 0 Å². The number of hydrogen-bond donors (Lipinski definition) is 1. The Hall–Kier alpha value is -0.800. The standard InChI is InChI=1S/C15H26N2O/c1-11(2)17-8-7-14(10-17)9-16-13(4)15-6-5-12(3)18-15/h5-6,11,13-14,16H,7-10H2,1-4H3. The van der Waals surface area contributed by atoms with Gasteiger partial charge in [0.05, 0.1) is 6.04 Å². The van der Waals surface area contributed by atoms with Gasteiger partial charge in [-0.05, 0) is 65.3 Å². The van der Waals surface area contributed by atoms with Crippen LogP contribution in [0.25, 0.3) is 0 Å². The minimum absolute atomic E-state index is 0.312. The van der Waals surface area contributed by atoms with E-state index < -0.39 is 0 Å². The maximum atomic E-state index is 5.65. The van der Waals surface area contributed by atoms with Gasteiger partial charge in [-0.25, -0.2) is 0 Å². The van der Waals surface area contributed by atoms with Crippen molar-refractivity contribution in [1.82, 2.24) is 10.2 Å². The highest BCUT2D eigenvalue weighted by Crippen LogP contribution is 2.20. The highest BCUT2D eigenvalue weighted by Gasteiger charge is 2.24. The number of aryl methyl sites for hydroxylation is 1. The molecular formula is C15H26N2O. The Labute approximate surface area is 111 Å². The summed E-state index contributed by atoms with van der Waals surface area (Å²) in [6.45, 7) is 12.3. The zero-order chi connectivity index (χ0) is 13.1. The molecule has 0 amide bonds. The van der Waals surface area contributed by atoms with E-state index in [-0.39, 0.29) is 0 Å². The van der Waals surface area contributed by atoms with Crippen molar-refractivity contribution < 1.29 is 4.42 Å². The number of hydrogen-bond acceptors (Lipinski definition) is 3. The van der Waals surface area contributed by atoms with E-state index in [4.69, 9.17) is 4.42 Å². The summed E-state index contributed by atoms with van der Waals surface area (Å²) in [5.74, 6) is 2.82. The second-order valence-corrected chi connectivity index (χ2v) is 5.82. The second-order valence-electron chi connectivity index (χ2n) is 5.82. The van der Waals surface area contributed by atoms with Crippen molar-refractivity contribution >= 4 is 0 Å². The molecule has 18 heavy (non-hydrogen) atoms. The van der Waals surface area contributed by atoms with Gasteiger partial charge in [0.2, 0.25) is 0 Å². The third-order valence-electron chi connectivity index (χ3n) is 3.95. The summed E-state index contributed by atoms with van der Waals surface area (Å²) < 4.78 is 5.65. The minimum atomic E-state index is 0.312. The number of nitrogens with one attached hydrogen (secondary N) is 1. The lowest BCUT2D eigenvalue weighted by Crippen LogP contribution is -2.31. The average molecular weight is 250 g/mol. The third kappa shape index (κ3) is 3.36. The molecule has 0 bridgehead atoms. The first-order chi connectivity index (χ1) is 8.56. The van der Waals surface area contributed by atoms with Gasteiger partial charge in [-0.1, -0.05) is 0 Å². The van der Waals surface area contributed by atoms with E-state index in [1.54, 1.807) is 0 Å². The van der Waals surface area contributed by atoms with Crippen LogP contribution in [0.5, 0.6) is 0 Å². The number of likely N-dealkylation sites (tertiary alicyclic amines) is 1. The van der Waals surface area contributed by atoms with Crippen molar-refractivity contribution in [1.29, 1.82) is 0 Å². The van der Waals surface area contributed by atoms with Crippen LogP contribution in [0, 0.1) is 12.8 Å². The molecule has 1 saturated heterocycles. The highest BCUT2D eigenvalue weighted by atomic mass is 16.3. The summed E-state index contributed by atoms with van der Waals surface area (Å²) in [7, 11) is 0. The fraction of sp³-hybridized carbons (Fsp3) is 0.733. The summed E-state index contributed by atoms with van der Waals surface area (Å²) in [5, 5.41) is 3.59. The molecule has 0 saturated carbocycles. The Bertz CT molecular complexity index is 372. The topological polar surface area (TPSA) is 28.4 Å². The van der Waals surface area contributed by atoms with Gasteiger partial charge in [0.1, 0.15) is 11.5 Å². The molecule has 2 heterocycles. The van der Waals surface area contributed by atoms with Crippen LogP contribution in [0.15, 0.2) is 16.5 Å². The van der Waals surface area contributed by atoms with Crippen LogP contribution in [-0.2, 0) is 0 Å². The molecule has 0 aliphatic carbocycles. The van der Waals surface area contributed by atoms with E-state index in [0.29, 0.717) is 12.1 Å². The smallest absolute Gasteiger partial charge is 0.120 e. The molecular weight excluding hydrogens is 224 g/mol. The quantitative estimate of drug-likeness (QED) is 0.871. The predicted octanol–water partition coefficient (Wildman–Crippen LogP) is 2.97. The van der Waals surface area contributed by atoms with E-state index >= 15 is 0 Å². The van der Waals surface area contributed by atoms with Crippen molar-refractivity contribution in [2.75, 3.05) is 19.6 Å². The zero-order valence-corrected chi connectivity index (χ0v) is 12.1. The lowest BCUT2D eigenvalue weighted by atomic mass is 10.1. The Morgan fingerprint density at radius 3 is 2.72 bits per heavy atom. The summed E-state index contributed by atoms with van der Waals surface area (Å²) in [4.78, 5) is 2.56. The number of rotatable bonds is 5. The SMILES string of the molecule is Cc1ccc(C(C)NCC2CCN(C(C)C)C2)o1. The normalized spacial score (nSPS) is 22.8. The Morgan fingerprint density at radius 1 is 1.39 bits per heavy atom. The van der Waals surface area contributed by atoms with Gasteiger partial charge in [0.15, 0.2) is 0 Å². The maximum absolute atomic E-state index is 5.65. The monoisotopic (exact) mass is 250 g/mol. The molecule has 2 unspecified atom stereocenters. The summed E-state index contributed by atoms with van der Waals surface area (Å²) in [5.41, 5.74) is 0. The second kappa shape index (κ2) is 5.89. The molecule has 1 aliphatic rings. The molecule has 0 spiro atoms. The van der Waals surface area contributed by atoms with Gasteiger partial charge in [-0.3, -0.25) is 0 Å². The lowest BCUT2D eigenvalue weighted by molar-refractivity contribution is 0.262. The molecule has 2 atom stereocenters. The first-order valence-electron chi connectivity index (χ1n) is 7.10. The largest absolute Gasteiger partial charge is 0.465 e.